The van der Waals surface area contributed by atoms with E-state index in [1.54, 1.807) is 12.1 Å². The summed E-state index contributed by atoms with van der Waals surface area (Å²) in [5.74, 6) is 0.452. The van der Waals surface area contributed by atoms with E-state index in [1.807, 2.05) is 11.8 Å². The number of rotatable bonds is 4. The molecular formula is C16H23BrN2O2. The third-order valence-electron chi connectivity index (χ3n) is 4.37. The second kappa shape index (κ2) is 7.27. The average molecular weight is 355 g/mol. The molecule has 0 spiro atoms. The zero-order valence-corrected chi connectivity index (χ0v) is 14.0. The van der Waals surface area contributed by atoms with Crippen LogP contribution < -0.4 is 5.73 Å². The number of nitrogens with two attached hydrogens (primary N) is 1. The molecule has 2 atom stereocenters. The first-order valence-corrected chi connectivity index (χ1v) is 8.37. The maximum Gasteiger partial charge on any atom is 0.254 e. The average Bonchev–Trinajstić information content (AvgIpc) is 2.51. The molecule has 0 radical (unpaired) electrons. The van der Waals surface area contributed by atoms with Gasteiger partial charge in [0.2, 0.25) is 0 Å². The molecule has 0 bridgehead atoms. The van der Waals surface area contributed by atoms with Gasteiger partial charge in [0.25, 0.3) is 5.91 Å². The van der Waals surface area contributed by atoms with E-state index >= 15 is 0 Å². The lowest BCUT2D eigenvalue weighted by Gasteiger charge is -2.39. The summed E-state index contributed by atoms with van der Waals surface area (Å²) < 4.78 is 0.597. The van der Waals surface area contributed by atoms with E-state index in [0.29, 0.717) is 29.0 Å². The predicted molar refractivity (Wildman–Crippen MR) is 87.3 cm³/mol. The molecule has 1 saturated carbocycles. The smallest absolute Gasteiger partial charge is 0.254 e. The second-order valence-electron chi connectivity index (χ2n) is 5.60. The third kappa shape index (κ3) is 3.58. The van der Waals surface area contributed by atoms with Crippen LogP contribution in [0.3, 0.4) is 0 Å². The Labute approximate surface area is 134 Å². The van der Waals surface area contributed by atoms with Crippen LogP contribution in [0.25, 0.3) is 0 Å². The van der Waals surface area contributed by atoms with Crippen LogP contribution in [0.2, 0.25) is 0 Å². The van der Waals surface area contributed by atoms with Crippen LogP contribution >= 0.6 is 15.9 Å². The molecule has 3 N–H and O–H groups in total. The molecule has 0 aromatic heterocycles. The Balaban J connectivity index is 2.22. The minimum absolute atomic E-state index is 0.0225. The SMILES string of the molecule is CCN(C(=O)c1ccc(Br)c(O)c1)C1CCCCC1CN. The predicted octanol–water partition coefficient (Wildman–Crippen LogP) is 3.13. The zero-order chi connectivity index (χ0) is 15.4. The Bertz CT molecular complexity index is 507. The zero-order valence-electron chi connectivity index (χ0n) is 12.4. The molecule has 4 nitrogen and oxygen atoms in total. The number of nitrogens with zero attached hydrogens (tertiary/aromatic N) is 1. The van der Waals surface area contributed by atoms with E-state index in [9.17, 15) is 9.90 Å². The van der Waals surface area contributed by atoms with Gasteiger partial charge in [-0.2, -0.15) is 0 Å². The van der Waals surface area contributed by atoms with Gasteiger partial charge >= 0.3 is 0 Å². The highest BCUT2D eigenvalue weighted by molar-refractivity contribution is 9.10. The van der Waals surface area contributed by atoms with Crippen molar-refractivity contribution in [1.29, 1.82) is 0 Å². The van der Waals surface area contributed by atoms with Crippen LogP contribution in [-0.2, 0) is 0 Å². The fourth-order valence-electron chi connectivity index (χ4n) is 3.21. The summed E-state index contributed by atoms with van der Waals surface area (Å²) in [6.45, 7) is 3.29. The quantitative estimate of drug-likeness (QED) is 0.872. The minimum Gasteiger partial charge on any atom is -0.507 e. The van der Waals surface area contributed by atoms with Crippen LogP contribution in [0.5, 0.6) is 5.75 Å². The van der Waals surface area contributed by atoms with Gasteiger partial charge in [0.15, 0.2) is 0 Å². The fourth-order valence-corrected chi connectivity index (χ4v) is 3.46. The monoisotopic (exact) mass is 354 g/mol. The molecule has 1 aromatic carbocycles. The van der Waals surface area contributed by atoms with Crippen molar-refractivity contribution >= 4 is 21.8 Å². The van der Waals surface area contributed by atoms with Crippen molar-refractivity contribution < 1.29 is 9.90 Å². The fraction of sp³-hybridized carbons (Fsp3) is 0.562. The van der Waals surface area contributed by atoms with Gasteiger partial charge in [-0.3, -0.25) is 4.79 Å². The van der Waals surface area contributed by atoms with Crippen LogP contribution in [0.4, 0.5) is 0 Å². The van der Waals surface area contributed by atoms with E-state index in [-0.39, 0.29) is 17.7 Å². The molecule has 2 unspecified atom stereocenters. The van der Waals surface area contributed by atoms with Gasteiger partial charge in [-0.1, -0.05) is 12.8 Å². The molecule has 0 heterocycles. The number of hydrogen-bond donors (Lipinski definition) is 2. The summed E-state index contributed by atoms with van der Waals surface area (Å²) in [5.41, 5.74) is 6.41. The summed E-state index contributed by atoms with van der Waals surface area (Å²) >= 11 is 3.24. The standard InChI is InChI=1S/C16H23BrN2O2/c1-2-19(14-6-4-3-5-12(14)10-18)16(21)11-7-8-13(17)15(20)9-11/h7-9,12,14,20H,2-6,10,18H2,1H3. The summed E-state index contributed by atoms with van der Waals surface area (Å²) in [4.78, 5) is 14.7. The van der Waals surface area contributed by atoms with Gasteiger partial charge in [0.05, 0.1) is 4.47 Å². The lowest BCUT2D eigenvalue weighted by molar-refractivity contribution is 0.0559. The normalized spacial score (nSPS) is 22.0. The van der Waals surface area contributed by atoms with Crippen molar-refractivity contribution in [2.24, 2.45) is 11.7 Å². The van der Waals surface area contributed by atoms with E-state index in [2.05, 4.69) is 15.9 Å². The number of phenolic OH excluding ortho intramolecular Hbond substituents is 1. The molecule has 1 fully saturated rings. The van der Waals surface area contributed by atoms with Gasteiger partial charge in [0, 0.05) is 18.2 Å². The molecule has 1 aromatic rings. The molecule has 1 aliphatic carbocycles. The summed E-state index contributed by atoms with van der Waals surface area (Å²) in [7, 11) is 0. The molecule has 0 aliphatic heterocycles. The van der Waals surface area contributed by atoms with Crippen LogP contribution in [0.1, 0.15) is 43.0 Å². The molecule has 0 saturated heterocycles. The molecule has 116 valence electrons. The Morgan fingerprint density at radius 1 is 1.43 bits per heavy atom. The number of carbonyl (C=O) groups is 1. The van der Waals surface area contributed by atoms with Crippen molar-refractivity contribution in [3.63, 3.8) is 0 Å². The number of halogens is 1. The Hall–Kier alpha value is -1.07. The molecular weight excluding hydrogens is 332 g/mol. The van der Waals surface area contributed by atoms with E-state index < -0.39 is 0 Å². The van der Waals surface area contributed by atoms with Crippen molar-refractivity contribution in [3.8, 4) is 5.75 Å². The first-order chi connectivity index (χ1) is 10.1. The first kappa shape index (κ1) is 16.3. The first-order valence-electron chi connectivity index (χ1n) is 7.58. The minimum atomic E-state index is -0.0225. The van der Waals surface area contributed by atoms with Gasteiger partial charge in [0.1, 0.15) is 5.75 Å². The number of amides is 1. The largest absolute Gasteiger partial charge is 0.507 e. The number of phenols is 1. The summed E-state index contributed by atoms with van der Waals surface area (Å²) in [6.07, 6.45) is 4.46. The van der Waals surface area contributed by atoms with Crippen LogP contribution in [0, 0.1) is 5.92 Å². The number of hydrogen-bond acceptors (Lipinski definition) is 3. The van der Waals surface area contributed by atoms with Crippen molar-refractivity contribution in [2.75, 3.05) is 13.1 Å². The van der Waals surface area contributed by atoms with Crippen molar-refractivity contribution in [1.82, 2.24) is 4.90 Å². The molecule has 2 rings (SSSR count). The van der Waals surface area contributed by atoms with E-state index in [1.165, 1.54) is 12.5 Å². The van der Waals surface area contributed by atoms with Crippen LogP contribution in [-0.4, -0.2) is 35.0 Å². The Kier molecular flexibility index (Phi) is 5.65. The maximum atomic E-state index is 12.8. The summed E-state index contributed by atoms with van der Waals surface area (Å²) in [6, 6.07) is 5.19. The highest BCUT2D eigenvalue weighted by Crippen LogP contribution is 2.30. The molecule has 1 aliphatic rings. The van der Waals surface area contributed by atoms with Crippen LogP contribution in [0.15, 0.2) is 22.7 Å². The molecule has 1 amide bonds. The lowest BCUT2D eigenvalue weighted by atomic mass is 9.83. The topological polar surface area (TPSA) is 66.6 Å². The number of aromatic hydroxyl groups is 1. The third-order valence-corrected chi connectivity index (χ3v) is 5.04. The van der Waals surface area contributed by atoms with Gasteiger partial charge in [-0.25, -0.2) is 0 Å². The number of carbonyl (C=O) groups excluding carboxylic acids is 1. The van der Waals surface area contributed by atoms with E-state index in [0.717, 1.165) is 19.3 Å². The van der Waals surface area contributed by atoms with Crippen molar-refractivity contribution in [2.45, 2.75) is 38.6 Å². The lowest BCUT2D eigenvalue weighted by Crippen LogP contribution is -2.48. The molecule has 5 heteroatoms. The number of benzene rings is 1. The highest BCUT2D eigenvalue weighted by Gasteiger charge is 2.31. The van der Waals surface area contributed by atoms with E-state index in [4.69, 9.17) is 5.73 Å². The van der Waals surface area contributed by atoms with Gasteiger partial charge in [-0.05, 0) is 66.4 Å². The van der Waals surface area contributed by atoms with Gasteiger partial charge < -0.3 is 15.7 Å². The Morgan fingerprint density at radius 2 is 2.14 bits per heavy atom. The Morgan fingerprint density at radius 3 is 2.76 bits per heavy atom. The summed E-state index contributed by atoms with van der Waals surface area (Å²) in [5, 5.41) is 9.77. The second-order valence-corrected chi connectivity index (χ2v) is 6.46. The van der Waals surface area contributed by atoms with Gasteiger partial charge in [-0.15, -0.1) is 0 Å². The van der Waals surface area contributed by atoms with Crippen molar-refractivity contribution in [3.05, 3.63) is 28.2 Å². The molecule has 21 heavy (non-hydrogen) atoms. The highest BCUT2D eigenvalue weighted by atomic mass is 79.9. The maximum absolute atomic E-state index is 12.8.